The Balaban J connectivity index is 2.96. The molecule has 0 amide bonds. The van der Waals surface area contributed by atoms with Crippen LogP contribution in [0.1, 0.15) is 17.5 Å². The van der Waals surface area contributed by atoms with Gasteiger partial charge in [0, 0.05) is 17.1 Å². The van der Waals surface area contributed by atoms with Crippen LogP contribution in [0.15, 0.2) is 12.1 Å². The van der Waals surface area contributed by atoms with E-state index in [1.165, 1.54) is 0 Å². The fraction of sp³-hybridized carbons (Fsp3) is 0.300. The van der Waals surface area contributed by atoms with Gasteiger partial charge < -0.3 is 10.5 Å². The minimum atomic E-state index is 0.505. The van der Waals surface area contributed by atoms with Crippen LogP contribution in [0, 0.1) is 6.92 Å². The van der Waals surface area contributed by atoms with Crippen LogP contribution in [-0.2, 0) is 11.2 Å². The van der Waals surface area contributed by atoms with Gasteiger partial charge in [0.15, 0.2) is 0 Å². The first-order chi connectivity index (χ1) is 6.16. The standard InChI is InChI=1S/C10H12ClNO/c1-7-9(11)5-4-8(10(7)12)3-2-6-13/h4-6H,2-3,12H2,1H3. The first-order valence-electron chi connectivity index (χ1n) is 4.14. The molecule has 70 valence electrons. The lowest BCUT2D eigenvalue weighted by Crippen LogP contribution is -1.98. The van der Waals surface area contributed by atoms with Crippen molar-refractivity contribution in [2.24, 2.45) is 0 Å². The number of carbonyl (C=O) groups is 1. The molecule has 13 heavy (non-hydrogen) atoms. The number of anilines is 1. The van der Waals surface area contributed by atoms with E-state index < -0.39 is 0 Å². The van der Waals surface area contributed by atoms with Crippen molar-refractivity contribution in [3.63, 3.8) is 0 Å². The average molecular weight is 198 g/mol. The molecule has 0 aromatic heterocycles. The number of hydrogen-bond acceptors (Lipinski definition) is 2. The van der Waals surface area contributed by atoms with Gasteiger partial charge in [-0.05, 0) is 30.5 Å². The molecule has 3 heteroatoms. The second kappa shape index (κ2) is 4.28. The maximum Gasteiger partial charge on any atom is 0.120 e. The highest BCUT2D eigenvalue weighted by atomic mass is 35.5. The minimum absolute atomic E-state index is 0.505. The summed E-state index contributed by atoms with van der Waals surface area (Å²) < 4.78 is 0. The molecule has 1 aromatic rings. The van der Waals surface area contributed by atoms with Crippen molar-refractivity contribution in [1.82, 2.24) is 0 Å². The van der Waals surface area contributed by atoms with Crippen LogP contribution >= 0.6 is 11.6 Å². The molecule has 2 N–H and O–H groups in total. The molecule has 0 aliphatic heterocycles. The lowest BCUT2D eigenvalue weighted by atomic mass is 10.0. The van der Waals surface area contributed by atoms with Crippen LogP contribution in [0.4, 0.5) is 5.69 Å². The zero-order valence-electron chi connectivity index (χ0n) is 7.51. The lowest BCUT2D eigenvalue weighted by molar-refractivity contribution is -0.107. The maximum absolute atomic E-state index is 10.2. The van der Waals surface area contributed by atoms with Gasteiger partial charge >= 0.3 is 0 Å². The summed E-state index contributed by atoms with van der Waals surface area (Å²) in [4.78, 5) is 10.2. The number of nitrogens with two attached hydrogens (primary N) is 1. The molecule has 0 atom stereocenters. The van der Waals surface area contributed by atoms with Gasteiger partial charge in [0.05, 0.1) is 0 Å². The number of aldehydes is 1. The first kappa shape index (κ1) is 10.1. The summed E-state index contributed by atoms with van der Waals surface area (Å²) in [5.41, 5.74) is 8.41. The van der Waals surface area contributed by atoms with E-state index >= 15 is 0 Å². The Morgan fingerprint density at radius 1 is 1.54 bits per heavy atom. The second-order valence-corrected chi connectivity index (χ2v) is 3.36. The number of nitrogen functional groups attached to an aromatic ring is 1. The Morgan fingerprint density at radius 2 is 2.23 bits per heavy atom. The number of rotatable bonds is 3. The van der Waals surface area contributed by atoms with E-state index in [1.807, 2.05) is 19.1 Å². The maximum atomic E-state index is 10.2. The number of hydrogen-bond donors (Lipinski definition) is 1. The molecule has 2 nitrogen and oxygen atoms in total. The van der Waals surface area contributed by atoms with Crippen molar-refractivity contribution in [3.8, 4) is 0 Å². The van der Waals surface area contributed by atoms with Gasteiger partial charge in [-0.3, -0.25) is 0 Å². The Morgan fingerprint density at radius 3 is 2.85 bits per heavy atom. The van der Waals surface area contributed by atoms with E-state index in [1.54, 1.807) is 0 Å². The summed E-state index contributed by atoms with van der Waals surface area (Å²) in [6.45, 7) is 1.88. The summed E-state index contributed by atoms with van der Waals surface area (Å²) >= 11 is 5.87. The molecule has 0 unspecified atom stereocenters. The number of benzene rings is 1. The highest BCUT2D eigenvalue weighted by Crippen LogP contribution is 2.25. The van der Waals surface area contributed by atoms with Crippen LogP contribution in [0.2, 0.25) is 5.02 Å². The molecule has 0 heterocycles. The third-order valence-corrected chi connectivity index (χ3v) is 2.48. The van der Waals surface area contributed by atoms with E-state index in [4.69, 9.17) is 17.3 Å². The molecule has 0 saturated carbocycles. The Bertz CT molecular complexity index is 323. The van der Waals surface area contributed by atoms with Crippen LogP contribution < -0.4 is 5.73 Å². The van der Waals surface area contributed by atoms with Crippen molar-refractivity contribution in [2.75, 3.05) is 5.73 Å². The van der Waals surface area contributed by atoms with Crippen molar-refractivity contribution in [3.05, 3.63) is 28.3 Å². The third-order valence-electron chi connectivity index (χ3n) is 2.07. The van der Waals surface area contributed by atoms with E-state index in [2.05, 4.69) is 0 Å². The van der Waals surface area contributed by atoms with Crippen LogP contribution in [0.25, 0.3) is 0 Å². The van der Waals surface area contributed by atoms with Crippen LogP contribution in [0.3, 0.4) is 0 Å². The summed E-state index contributed by atoms with van der Waals surface area (Å²) in [5.74, 6) is 0. The quantitative estimate of drug-likeness (QED) is 0.597. The van der Waals surface area contributed by atoms with E-state index in [0.717, 1.165) is 17.4 Å². The predicted octanol–water partition coefficient (Wildman–Crippen LogP) is 2.36. The summed E-state index contributed by atoms with van der Waals surface area (Å²) in [7, 11) is 0. The number of carbonyl (C=O) groups excluding carboxylic acids is 1. The van der Waals surface area contributed by atoms with E-state index in [9.17, 15) is 4.79 Å². The molecule has 1 rings (SSSR count). The third kappa shape index (κ3) is 2.22. The number of aryl methyl sites for hydroxylation is 1. The van der Waals surface area contributed by atoms with Gasteiger partial charge in [0.2, 0.25) is 0 Å². The molecule has 0 spiro atoms. The molecule has 0 aliphatic carbocycles. The predicted molar refractivity (Wildman–Crippen MR) is 55.0 cm³/mol. The largest absolute Gasteiger partial charge is 0.398 e. The van der Waals surface area contributed by atoms with Gasteiger partial charge in [-0.1, -0.05) is 17.7 Å². The minimum Gasteiger partial charge on any atom is -0.398 e. The molecule has 0 bridgehead atoms. The smallest absolute Gasteiger partial charge is 0.120 e. The lowest BCUT2D eigenvalue weighted by Gasteiger charge is -2.08. The summed E-state index contributed by atoms with van der Waals surface area (Å²) in [6.07, 6.45) is 2.09. The van der Waals surface area contributed by atoms with Crippen molar-refractivity contribution >= 4 is 23.6 Å². The molecular weight excluding hydrogens is 186 g/mol. The van der Waals surface area contributed by atoms with Gasteiger partial charge in [-0.15, -0.1) is 0 Å². The van der Waals surface area contributed by atoms with Crippen molar-refractivity contribution < 1.29 is 4.79 Å². The topological polar surface area (TPSA) is 43.1 Å². The SMILES string of the molecule is Cc1c(Cl)ccc(CCC=O)c1N. The van der Waals surface area contributed by atoms with Gasteiger partial charge in [-0.25, -0.2) is 0 Å². The fourth-order valence-corrected chi connectivity index (χ4v) is 1.36. The van der Waals surface area contributed by atoms with Crippen molar-refractivity contribution in [2.45, 2.75) is 19.8 Å². The van der Waals surface area contributed by atoms with Gasteiger partial charge in [0.1, 0.15) is 6.29 Å². The molecule has 0 radical (unpaired) electrons. The van der Waals surface area contributed by atoms with Crippen LogP contribution in [-0.4, -0.2) is 6.29 Å². The molecule has 0 aliphatic rings. The number of halogens is 1. The van der Waals surface area contributed by atoms with Crippen LogP contribution in [0.5, 0.6) is 0 Å². The summed E-state index contributed by atoms with van der Waals surface area (Å²) in [6, 6.07) is 3.68. The van der Waals surface area contributed by atoms with E-state index in [-0.39, 0.29) is 0 Å². The Hall–Kier alpha value is -1.02. The molecule has 0 fully saturated rings. The fourth-order valence-electron chi connectivity index (χ4n) is 1.19. The van der Waals surface area contributed by atoms with E-state index in [0.29, 0.717) is 23.6 Å². The highest BCUT2D eigenvalue weighted by Gasteiger charge is 2.04. The normalized spacial score (nSPS) is 10.0. The summed E-state index contributed by atoms with van der Waals surface area (Å²) in [5, 5.41) is 0.673. The Labute approximate surface area is 82.7 Å². The second-order valence-electron chi connectivity index (χ2n) is 2.95. The monoisotopic (exact) mass is 197 g/mol. The molecule has 0 saturated heterocycles. The average Bonchev–Trinajstić information content (AvgIpc) is 2.13. The Kier molecular flexibility index (Phi) is 3.32. The highest BCUT2D eigenvalue weighted by molar-refractivity contribution is 6.31. The first-order valence-corrected chi connectivity index (χ1v) is 4.51. The van der Waals surface area contributed by atoms with Gasteiger partial charge in [-0.2, -0.15) is 0 Å². The zero-order chi connectivity index (χ0) is 9.84. The van der Waals surface area contributed by atoms with Crippen molar-refractivity contribution in [1.29, 1.82) is 0 Å². The zero-order valence-corrected chi connectivity index (χ0v) is 8.27. The molecular formula is C10H12ClNO. The molecule has 1 aromatic carbocycles. The van der Waals surface area contributed by atoms with Gasteiger partial charge in [0.25, 0.3) is 0 Å².